The molecule has 1 aromatic carbocycles. The van der Waals surface area contributed by atoms with Gasteiger partial charge in [-0.25, -0.2) is 0 Å². The number of hydrogen-bond donors (Lipinski definition) is 1. The smallest absolute Gasteiger partial charge is 0.0727 e. The maximum atomic E-state index is 10.8. The Hall–Kier alpha value is -0.860. The average molecular weight is 275 g/mol. The van der Waals surface area contributed by atoms with Gasteiger partial charge in [0.1, 0.15) is 0 Å². The molecular weight excluding hydrogens is 246 g/mol. The van der Waals surface area contributed by atoms with E-state index in [1.54, 1.807) is 0 Å². The Morgan fingerprint density at radius 2 is 1.90 bits per heavy atom. The Balaban J connectivity index is 2.06. The lowest BCUT2D eigenvalue weighted by molar-refractivity contribution is -0.0280. The van der Waals surface area contributed by atoms with E-state index in [0.717, 1.165) is 32.4 Å². The van der Waals surface area contributed by atoms with Crippen LogP contribution in [0.15, 0.2) is 24.3 Å². The summed E-state index contributed by atoms with van der Waals surface area (Å²) in [5.74, 6) is 0.544. The molecule has 0 heterocycles. The number of likely N-dealkylation sites (N-methyl/N-ethyl adjacent to an activating group) is 1. The predicted molar refractivity (Wildman–Crippen MR) is 85.1 cm³/mol. The zero-order valence-corrected chi connectivity index (χ0v) is 13.4. The third kappa shape index (κ3) is 2.64. The summed E-state index contributed by atoms with van der Waals surface area (Å²) >= 11 is 0. The van der Waals surface area contributed by atoms with Crippen LogP contribution in [-0.2, 0) is 6.42 Å². The first kappa shape index (κ1) is 15.5. The zero-order valence-electron chi connectivity index (χ0n) is 13.4. The molecule has 0 aliphatic heterocycles. The van der Waals surface area contributed by atoms with Crippen LogP contribution in [0.5, 0.6) is 0 Å². The molecule has 2 rings (SSSR count). The van der Waals surface area contributed by atoms with Crippen molar-refractivity contribution in [3.8, 4) is 0 Å². The van der Waals surface area contributed by atoms with E-state index in [1.807, 2.05) is 0 Å². The van der Waals surface area contributed by atoms with Crippen molar-refractivity contribution < 1.29 is 5.11 Å². The van der Waals surface area contributed by atoms with E-state index >= 15 is 0 Å². The van der Waals surface area contributed by atoms with Crippen molar-refractivity contribution in [3.63, 3.8) is 0 Å². The molecule has 3 unspecified atom stereocenters. The SMILES string of the molecule is CCN(CC)C(C)(CC)C(O)CC1Cc2ccccc21. The quantitative estimate of drug-likeness (QED) is 0.822. The lowest BCUT2D eigenvalue weighted by Crippen LogP contribution is -2.54. The van der Waals surface area contributed by atoms with Crippen molar-refractivity contribution in [2.75, 3.05) is 13.1 Å². The van der Waals surface area contributed by atoms with Crippen LogP contribution < -0.4 is 0 Å². The molecule has 0 aromatic heterocycles. The van der Waals surface area contributed by atoms with Gasteiger partial charge in [0.05, 0.1) is 6.10 Å². The summed E-state index contributed by atoms with van der Waals surface area (Å²) < 4.78 is 0. The monoisotopic (exact) mass is 275 g/mol. The standard InChI is InChI=1S/C18H29NO/c1-5-18(4,19(6-2)7-3)17(20)13-15-12-14-10-8-9-11-16(14)15/h8-11,15,17,20H,5-7,12-13H2,1-4H3. The molecule has 0 bridgehead atoms. The highest BCUT2D eigenvalue weighted by atomic mass is 16.3. The third-order valence-corrected chi connectivity index (χ3v) is 5.39. The minimum atomic E-state index is -0.259. The molecule has 0 radical (unpaired) electrons. The molecule has 1 aromatic rings. The topological polar surface area (TPSA) is 23.5 Å². The minimum Gasteiger partial charge on any atom is -0.391 e. The van der Waals surface area contributed by atoms with Gasteiger partial charge >= 0.3 is 0 Å². The maximum absolute atomic E-state index is 10.8. The van der Waals surface area contributed by atoms with E-state index in [2.05, 4.69) is 56.9 Å². The summed E-state index contributed by atoms with van der Waals surface area (Å²) in [6, 6.07) is 8.65. The third-order valence-electron chi connectivity index (χ3n) is 5.39. The molecule has 0 fully saturated rings. The second-order valence-corrected chi connectivity index (χ2v) is 6.23. The van der Waals surface area contributed by atoms with Gasteiger partial charge in [-0.3, -0.25) is 4.90 Å². The van der Waals surface area contributed by atoms with Crippen molar-refractivity contribution in [1.82, 2.24) is 4.90 Å². The van der Waals surface area contributed by atoms with Crippen LogP contribution in [0, 0.1) is 0 Å². The van der Waals surface area contributed by atoms with E-state index in [1.165, 1.54) is 11.1 Å². The number of fused-ring (bicyclic) bond motifs is 1. The Bertz CT molecular complexity index is 441. The Kier molecular flexibility index (Phi) is 4.87. The van der Waals surface area contributed by atoms with Gasteiger partial charge in [0.25, 0.3) is 0 Å². The molecule has 0 saturated carbocycles. The summed E-state index contributed by atoms with van der Waals surface area (Å²) in [4.78, 5) is 2.40. The highest BCUT2D eigenvalue weighted by molar-refractivity contribution is 5.40. The van der Waals surface area contributed by atoms with Crippen LogP contribution in [0.3, 0.4) is 0 Å². The fraction of sp³-hybridized carbons (Fsp3) is 0.667. The van der Waals surface area contributed by atoms with Gasteiger partial charge < -0.3 is 5.11 Å². The van der Waals surface area contributed by atoms with Gasteiger partial charge in [-0.05, 0) is 56.3 Å². The van der Waals surface area contributed by atoms with Gasteiger partial charge in [-0.2, -0.15) is 0 Å². The number of nitrogens with zero attached hydrogens (tertiary/aromatic N) is 1. The first-order valence-electron chi connectivity index (χ1n) is 8.07. The predicted octanol–water partition coefficient (Wildman–Crippen LogP) is 3.59. The van der Waals surface area contributed by atoms with Crippen molar-refractivity contribution in [2.24, 2.45) is 0 Å². The van der Waals surface area contributed by atoms with Crippen LogP contribution in [0.4, 0.5) is 0 Å². The lowest BCUT2D eigenvalue weighted by atomic mass is 9.72. The van der Waals surface area contributed by atoms with E-state index in [4.69, 9.17) is 0 Å². The Labute approximate surface area is 123 Å². The van der Waals surface area contributed by atoms with E-state index in [9.17, 15) is 5.11 Å². The van der Waals surface area contributed by atoms with Crippen LogP contribution in [0.2, 0.25) is 0 Å². The highest BCUT2D eigenvalue weighted by Gasteiger charge is 2.39. The van der Waals surface area contributed by atoms with E-state index < -0.39 is 0 Å². The first-order chi connectivity index (χ1) is 9.56. The summed E-state index contributed by atoms with van der Waals surface area (Å²) in [6.07, 6.45) is 2.75. The Morgan fingerprint density at radius 1 is 1.25 bits per heavy atom. The fourth-order valence-corrected chi connectivity index (χ4v) is 3.71. The fourth-order valence-electron chi connectivity index (χ4n) is 3.71. The van der Waals surface area contributed by atoms with Crippen molar-refractivity contribution in [1.29, 1.82) is 0 Å². The van der Waals surface area contributed by atoms with Gasteiger partial charge in [-0.15, -0.1) is 0 Å². The molecule has 3 atom stereocenters. The number of rotatable bonds is 7. The second kappa shape index (κ2) is 6.28. The van der Waals surface area contributed by atoms with Gasteiger partial charge in [-0.1, -0.05) is 45.0 Å². The minimum absolute atomic E-state index is 0.103. The van der Waals surface area contributed by atoms with Crippen molar-refractivity contribution >= 4 is 0 Å². The first-order valence-corrected chi connectivity index (χ1v) is 8.07. The van der Waals surface area contributed by atoms with Gasteiger partial charge in [0.2, 0.25) is 0 Å². The number of aliphatic hydroxyl groups is 1. The van der Waals surface area contributed by atoms with Crippen LogP contribution in [0.1, 0.15) is 57.6 Å². The molecule has 0 spiro atoms. The molecule has 2 heteroatoms. The summed E-state index contributed by atoms with van der Waals surface area (Å²) in [7, 11) is 0. The van der Waals surface area contributed by atoms with Gasteiger partial charge in [0.15, 0.2) is 0 Å². The molecule has 0 amide bonds. The van der Waals surface area contributed by atoms with Crippen LogP contribution in [0.25, 0.3) is 0 Å². The maximum Gasteiger partial charge on any atom is 0.0727 e. The highest BCUT2D eigenvalue weighted by Crippen LogP contribution is 2.40. The molecular formula is C18H29NO. The van der Waals surface area contributed by atoms with E-state index in [0.29, 0.717) is 5.92 Å². The van der Waals surface area contributed by atoms with Crippen LogP contribution in [-0.4, -0.2) is 34.7 Å². The summed E-state index contributed by atoms with van der Waals surface area (Å²) in [5.41, 5.74) is 2.81. The number of aliphatic hydroxyl groups excluding tert-OH is 1. The molecule has 2 nitrogen and oxygen atoms in total. The van der Waals surface area contributed by atoms with Crippen molar-refractivity contribution in [2.45, 2.75) is 64.5 Å². The van der Waals surface area contributed by atoms with Crippen molar-refractivity contribution in [3.05, 3.63) is 35.4 Å². The zero-order chi connectivity index (χ0) is 14.8. The molecule has 1 aliphatic rings. The lowest BCUT2D eigenvalue weighted by Gasteiger charge is -2.45. The number of hydrogen-bond acceptors (Lipinski definition) is 2. The average Bonchev–Trinajstić information content (AvgIpc) is 2.45. The summed E-state index contributed by atoms with van der Waals surface area (Å²) in [5, 5.41) is 10.8. The molecule has 1 aliphatic carbocycles. The normalized spacial score (nSPS) is 22.0. The molecule has 1 N–H and O–H groups in total. The molecule has 112 valence electrons. The summed E-state index contributed by atoms with van der Waals surface area (Å²) in [6.45, 7) is 10.8. The molecule has 20 heavy (non-hydrogen) atoms. The second-order valence-electron chi connectivity index (χ2n) is 6.23. The number of benzene rings is 1. The Morgan fingerprint density at radius 3 is 2.45 bits per heavy atom. The largest absolute Gasteiger partial charge is 0.391 e. The van der Waals surface area contributed by atoms with Gasteiger partial charge in [0, 0.05) is 5.54 Å². The van der Waals surface area contributed by atoms with E-state index in [-0.39, 0.29) is 11.6 Å². The van der Waals surface area contributed by atoms with Crippen LogP contribution >= 0.6 is 0 Å². The molecule has 0 saturated heterocycles.